The highest BCUT2D eigenvalue weighted by Gasteiger charge is 2.07. The molecule has 0 aromatic carbocycles. The van der Waals surface area contributed by atoms with E-state index in [0.717, 1.165) is 19.3 Å². The predicted octanol–water partition coefficient (Wildman–Crippen LogP) is 3.82. The standard InChI is InChI=1S/C11H18BrNS/c1-8(2)7-9(13)3-4-11-10(12)5-6-14-11/h5-6,8-9H,3-4,7,13H2,1-2H3. The van der Waals surface area contributed by atoms with Crippen molar-refractivity contribution in [1.82, 2.24) is 0 Å². The van der Waals surface area contributed by atoms with E-state index in [4.69, 9.17) is 5.73 Å². The quantitative estimate of drug-likeness (QED) is 0.869. The summed E-state index contributed by atoms with van der Waals surface area (Å²) in [6.07, 6.45) is 3.33. The minimum absolute atomic E-state index is 0.351. The normalized spacial score (nSPS) is 13.5. The van der Waals surface area contributed by atoms with Gasteiger partial charge in [0.15, 0.2) is 0 Å². The third-order valence-corrected chi connectivity index (χ3v) is 4.19. The Labute approximate surface area is 98.8 Å². The van der Waals surface area contributed by atoms with Crippen LogP contribution in [-0.4, -0.2) is 6.04 Å². The molecule has 1 nitrogen and oxygen atoms in total. The molecule has 0 spiro atoms. The summed E-state index contributed by atoms with van der Waals surface area (Å²) in [7, 11) is 0. The van der Waals surface area contributed by atoms with Gasteiger partial charge in [-0.2, -0.15) is 0 Å². The maximum absolute atomic E-state index is 6.03. The molecule has 1 aromatic rings. The molecule has 1 atom stereocenters. The average molecular weight is 276 g/mol. The van der Waals surface area contributed by atoms with Crippen LogP contribution in [0.3, 0.4) is 0 Å². The summed E-state index contributed by atoms with van der Waals surface area (Å²) >= 11 is 5.34. The molecule has 1 aromatic heterocycles. The molecule has 0 amide bonds. The first kappa shape index (κ1) is 12.2. The van der Waals surface area contributed by atoms with Gasteiger partial charge in [-0.15, -0.1) is 11.3 Å². The van der Waals surface area contributed by atoms with E-state index < -0.39 is 0 Å². The summed E-state index contributed by atoms with van der Waals surface area (Å²) < 4.78 is 1.24. The minimum atomic E-state index is 0.351. The van der Waals surface area contributed by atoms with Crippen molar-refractivity contribution in [1.29, 1.82) is 0 Å². The van der Waals surface area contributed by atoms with Gasteiger partial charge >= 0.3 is 0 Å². The maximum atomic E-state index is 6.03. The molecular weight excluding hydrogens is 258 g/mol. The molecule has 3 heteroatoms. The first-order valence-corrected chi connectivity index (χ1v) is 6.74. The molecule has 0 saturated carbocycles. The van der Waals surface area contributed by atoms with Crippen molar-refractivity contribution in [3.8, 4) is 0 Å². The molecule has 0 radical (unpaired) electrons. The lowest BCUT2D eigenvalue weighted by Crippen LogP contribution is -2.22. The van der Waals surface area contributed by atoms with Gasteiger partial charge in [-0.05, 0) is 52.6 Å². The van der Waals surface area contributed by atoms with Gasteiger partial charge in [-0.3, -0.25) is 0 Å². The Bertz CT molecular complexity index is 270. The van der Waals surface area contributed by atoms with Crippen LogP contribution in [0.4, 0.5) is 0 Å². The summed E-state index contributed by atoms with van der Waals surface area (Å²) in [6.45, 7) is 4.45. The van der Waals surface area contributed by atoms with Gasteiger partial charge in [-0.25, -0.2) is 0 Å². The van der Waals surface area contributed by atoms with Crippen LogP contribution in [0.1, 0.15) is 31.6 Å². The van der Waals surface area contributed by atoms with Crippen molar-refractivity contribution in [2.75, 3.05) is 0 Å². The van der Waals surface area contributed by atoms with Gasteiger partial charge in [0.2, 0.25) is 0 Å². The molecular formula is C11H18BrNS. The molecule has 2 N–H and O–H groups in total. The molecule has 0 aliphatic carbocycles. The molecule has 0 fully saturated rings. The van der Waals surface area contributed by atoms with Crippen LogP contribution < -0.4 is 5.73 Å². The van der Waals surface area contributed by atoms with Crippen LogP contribution in [0.5, 0.6) is 0 Å². The molecule has 80 valence electrons. The van der Waals surface area contributed by atoms with Crippen LogP contribution in [-0.2, 0) is 6.42 Å². The first-order chi connectivity index (χ1) is 6.59. The SMILES string of the molecule is CC(C)CC(N)CCc1sccc1Br. The van der Waals surface area contributed by atoms with E-state index in [1.54, 1.807) is 0 Å². The summed E-state index contributed by atoms with van der Waals surface area (Å²) in [6, 6.07) is 2.46. The highest BCUT2D eigenvalue weighted by Crippen LogP contribution is 2.24. The topological polar surface area (TPSA) is 26.0 Å². The predicted molar refractivity (Wildman–Crippen MR) is 67.8 cm³/mol. The Balaban J connectivity index is 2.30. The van der Waals surface area contributed by atoms with E-state index >= 15 is 0 Å². The van der Waals surface area contributed by atoms with Gasteiger partial charge < -0.3 is 5.73 Å². The van der Waals surface area contributed by atoms with E-state index in [-0.39, 0.29) is 0 Å². The number of hydrogen-bond donors (Lipinski definition) is 1. The van der Waals surface area contributed by atoms with Crippen LogP contribution >= 0.6 is 27.3 Å². The molecule has 0 aliphatic heterocycles. The monoisotopic (exact) mass is 275 g/mol. The van der Waals surface area contributed by atoms with Crippen LogP contribution in [0.15, 0.2) is 15.9 Å². The summed E-state index contributed by atoms with van der Waals surface area (Å²) in [5.41, 5.74) is 6.03. The fourth-order valence-corrected chi connectivity index (χ4v) is 3.11. The zero-order valence-electron chi connectivity index (χ0n) is 8.79. The molecule has 1 heterocycles. The second kappa shape index (κ2) is 5.89. The van der Waals surface area contributed by atoms with Gasteiger partial charge in [-0.1, -0.05) is 13.8 Å². The lowest BCUT2D eigenvalue weighted by Gasteiger charge is -2.13. The van der Waals surface area contributed by atoms with E-state index in [9.17, 15) is 0 Å². The molecule has 1 rings (SSSR count). The van der Waals surface area contributed by atoms with Crippen molar-refractivity contribution < 1.29 is 0 Å². The molecule has 14 heavy (non-hydrogen) atoms. The third kappa shape index (κ3) is 4.11. The van der Waals surface area contributed by atoms with Crippen LogP contribution in [0.25, 0.3) is 0 Å². The Kier molecular flexibility index (Phi) is 5.13. The Morgan fingerprint density at radius 1 is 1.50 bits per heavy atom. The zero-order valence-corrected chi connectivity index (χ0v) is 11.2. The minimum Gasteiger partial charge on any atom is -0.328 e. The van der Waals surface area contributed by atoms with Crippen LogP contribution in [0.2, 0.25) is 0 Å². The van der Waals surface area contributed by atoms with Crippen molar-refractivity contribution in [3.05, 3.63) is 20.8 Å². The van der Waals surface area contributed by atoms with Gasteiger partial charge in [0, 0.05) is 15.4 Å². The van der Waals surface area contributed by atoms with Crippen molar-refractivity contribution in [2.45, 2.75) is 39.2 Å². The summed E-state index contributed by atoms with van der Waals surface area (Å²) in [5.74, 6) is 0.705. The second-order valence-electron chi connectivity index (χ2n) is 4.12. The second-order valence-corrected chi connectivity index (χ2v) is 5.98. The number of nitrogens with two attached hydrogens (primary N) is 1. The van der Waals surface area contributed by atoms with E-state index in [1.165, 1.54) is 9.35 Å². The molecule has 0 bridgehead atoms. The molecule has 1 unspecified atom stereocenters. The molecule has 0 saturated heterocycles. The lowest BCUT2D eigenvalue weighted by molar-refractivity contribution is 0.474. The Morgan fingerprint density at radius 3 is 2.71 bits per heavy atom. The van der Waals surface area contributed by atoms with E-state index in [1.807, 2.05) is 11.3 Å². The molecule has 0 aliphatic rings. The fourth-order valence-electron chi connectivity index (χ4n) is 1.54. The average Bonchev–Trinajstić information content (AvgIpc) is 2.46. The van der Waals surface area contributed by atoms with Gasteiger partial charge in [0.05, 0.1) is 0 Å². The zero-order chi connectivity index (χ0) is 10.6. The van der Waals surface area contributed by atoms with Crippen molar-refractivity contribution >= 4 is 27.3 Å². The van der Waals surface area contributed by atoms with E-state index in [0.29, 0.717) is 12.0 Å². The Hall–Kier alpha value is 0.140. The number of thiophene rings is 1. The number of aryl methyl sites for hydroxylation is 1. The first-order valence-electron chi connectivity index (χ1n) is 5.07. The fraction of sp³-hybridized carbons (Fsp3) is 0.636. The van der Waals surface area contributed by atoms with Crippen LogP contribution in [0, 0.1) is 5.92 Å². The third-order valence-electron chi connectivity index (χ3n) is 2.21. The highest BCUT2D eigenvalue weighted by molar-refractivity contribution is 9.10. The van der Waals surface area contributed by atoms with Crippen molar-refractivity contribution in [2.24, 2.45) is 11.7 Å². The number of hydrogen-bond acceptors (Lipinski definition) is 2. The summed E-state index contributed by atoms with van der Waals surface area (Å²) in [5, 5.41) is 2.12. The maximum Gasteiger partial charge on any atom is 0.0314 e. The number of rotatable bonds is 5. The lowest BCUT2D eigenvalue weighted by atomic mass is 10.0. The van der Waals surface area contributed by atoms with Gasteiger partial charge in [0.25, 0.3) is 0 Å². The smallest absolute Gasteiger partial charge is 0.0314 e. The highest BCUT2D eigenvalue weighted by atomic mass is 79.9. The largest absolute Gasteiger partial charge is 0.328 e. The van der Waals surface area contributed by atoms with Gasteiger partial charge in [0.1, 0.15) is 0 Å². The summed E-state index contributed by atoms with van der Waals surface area (Å²) in [4.78, 5) is 1.42. The van der Waals surface area contributed by atoms with Crippen molar-refractivity contribution in [3.63, 3.8) is 0 Å². The Morgan fingerprint density at radius 2 is 2.21 bits per heavy atom. The van der Waals surface area contributed by atoms with E-state index in [2.05, 4.69) is 41.2 Å². The number of halogens is 1.